The summed E-state index contributed by atoms with van der Waals surface area (Å²) < 4.78 is 7.26. The van der Waals surface area contributed by atoms with Crippen LogP contribution in [0.3, 0.4) is 0 Å². The van der Waals surface area contributed by atoms with Crippen molar-refractivity contribution in [3.05, 3.63) is 39.6 Å². The second kappa shape index (κ2) is 5.39. The molecular weight excluding hydrogens is 262 g/mol. The van der Waals surface area contributed by atoms with Crippen molar-refractivity contribution in [2.24, 2.45) is 7.05 Å². The molecule has 0 radical (unpaired) electrons. The molecule has 0 aromatic carbocycles. The lowest BCUT2D eigenvalue weighted by atomic mass is 10.1. The Hall–Kier alpha value is -1.26. The molecule has 5 heteroatoms. The number of hydrogen-bond donors (Lipinski definition) is 1. The van der Waals surface area contributed by atoms with Gasteiger partial charge in [0.1, 0.15) is 16.7 Å². The van der Waals surface area contributed by atoms with E-state index in [1.165, 1.54) is 5.56 Å². The number of halogens is 1. The van der Waals surface area contributed by atoms with Crippen molar-refractivity contribution in [3.63, 3.8) is 0 Å². The summed E-state index contributed by atoms with van der Waals surface area (Å²) in [6.07, 6.45) is 0. The molecule has 4 nitrogen and oxygen atoms in total. The monoisotopic (exact) mass is 281 g/mol. The quantitative estimate of drug-likeness (QED) is 0.933. The molecular formula is C14H20ClN3O. The number of nitrogens with zero attached hydrogens (tertiary/aromatic N) is 2. The fourth-order valence-electron chi connectivity index (χ4n) is 2.32. The Bertz CT molecular complexity index is 586. The van der Waals surface area contributed by atoms with Crippen molar-refractivity contribution in [2.75, 3.05) is 0 Å². The van der Waals surface area contributed by atoms with Crippen molar-refractivity contribution >= 4 is 11.6 Å². The summed E-state index contributed by atoms with van der Waals surface area (Å²) in [5.74, 6) is 1.91. The lowest BCUT2D eigenvalue weighted by Gasteiger charge is -2.13. The summed E-state index contributed by atoms with van der Waals surface area (Å²) in [4.78, 5) is 0. The highest BCUT2D eigenvalue weighted by molar-refractivity contribution is 6.30. The number of rotatable bonds is 4. The first-order chi connectivity index (χ1) is 8.90. The van der Waals surface area contributed by atoms with Gasteiger partial charge in [0.15, 0.2) is 0 Å². The van der Waals surface area contributed by atoms with Crippen LogP contribution in [0.25, 0.3) is 0 Å². The zero-order chi connectivity index (χ0) is 14.2. The predicted octanol–water partition coefficient (Wildman–Crippen LogP) is 3.44. The molecule has 0 aliphatic rings. The van der Waals surface area contributed by atoms with Crippen LogP contribution in [0.5, 0.6) is 0 Å². The van der Waals surface area contributed by atoms with Gasteiger partial charge >= 0.3 is 0 Å². The Labute approximate surface area is 118 Å². The first-order valence-electron chi connectivity index (χ1n) is 6.38. The predicted molar refractivity (Wildman–Crippen MR) is 76.4 cm³/mol. The maximum Gasteiger partial charge on any atom is 0.131 e. The minimum absolute atomic E-state index is 0.216. The topological polar surface area (TPSA) is 43.0 Å². The van der Waals surface area contributed by atoms with Gasteiger partial charge in [-0.05, 0) is 33.8 Å². The average molecular weight is 282 g/mol. The molecule has 0 saturated carbocycles. The molecule has 0 bridgehead atoms. The van der Waals surface area contributed by atoms with Gasteiger partial charge in [-0.25, -0.2) is 0 Å². The lowest BCUT2D eigenvalue weighted by molar-refractivity contribution is 0.489. The van der Waals surface area contributed by atoms with Crippen LogP contribution in [0.15, 0.2) is 10.5 Å². The van der Waals surface area contributed by atoms with Crippen molar-refractivity contribution in [1.29, 1.82) is 0 Å². The van der Waals surface area contributed by atoms with E-state index >= 15 is 0 Å². The fraction of sp³-hybridized carbons (Fsp3) is 0.500. The maximum atomic E-state index is 6.22. The number of aromatic nitrogens is 2. The highest BCUT2D eigenvalue weighted by Gasteiger charge is 2.15. The Morgan fingerprint density at radius 1 is 1.42 bits per heavy atom. The molecule has 0 fully saturated rings. The zero-order valence-electron chi connectivity index (χ0n) is 12.0. The molecule has 0 spiro atoms. The van der Waals surface area contributed by atoms with Crippen molar-refractivity contribution < 1.29 is 4.42 Å². The van der Waals surface area contributed by atoms with E-state index < -0.39 is 0 Å². The minimum atomic E-state index is 0.216. The Balaban J connectivity index is 2.08. The van der Waals surface area contributed by atoms with Crippen molar-refractivity contribution in [2.45, 2.75) is 40.3 Å². The average Bonchev–Trinajstić information content (AvgIpc) is 2.78. The van der Waals surface area contributed by atoms with E-state index in [0.29, 0.717) is 11.7 Å². The van der Waals surface area contributed by atoms with Gasteiger partial charge in [0.2, 0.25) is 0 Å². The third kappa shape index (κ3) is 2.85. The molecule has 1 unspecified atom stereocenters. The largest absolute Gasteiger partial charge is 0.466 e. The van der Waals surface area contributed by atoms with E-state index in [-0.39, 0.29) is 6.04 Å². The van der Waals surface area contributed by atoms with Crippen molar-refractivity contribution in [3.8, 4) is 0 Å². The molecule has 2 heterocycles. The van der Waals surface area contributed by atoms with Gasteiger partial charge < -0.3 is 9.73 Å². The van der Waals surface area contributed by atoms with Crippen LogP contribution in [0, 0.1) is 20.8 Å². The molecule has 0 amide bonds. The molecule has 104 valence electrons. The summed E-state index contributed by atoms with van der Waals surface area (Å²) in [7, 11) is 1.85. The Morgan fingerprint density at radius 2 is 2.11 bits per heavy atom. The number of furan rings is 1. The van der Waals surface area contributed by atoms with Crippen LogP contribution in [-0.4, -0.2) is 9.78 Å². The van der Waals surface area contributed by atoms with Crippen LogP contribution in [0.1, 0.15) is 41.3 Å². The molecule has 1 atom stereocenters. The number of nitrogens with one attached hydrogen (secondary N) is 1. The van der Waals surface area contributed by atoms with Crippen LogP contribution in [0.2, 0.25) is 5.15 Å². The normalized spacial score (nSPS) is 12.9. The van der Waals surface area contributed by atoms with E-state index in [0.717, 1.165) is 22.8 Å². The minimum Gasteiger partial charge on any atom is -0.466 e. The third-order valence-corrected chi connectivity index (χ3v) is 3.87. The highest BCUT2D eigenvalue weighted by Crippen LogP contribution is 2.23. The lowest BCUT2D eigenvalue weighted by Crippen LogP contribution is -2.18. The van der Waals surface area contributed by atoms with Gasteiger partial charge in [0.25, 0.3) is 0 Å². The van der Waals surface area contributed by atoms with Crippen LogP contribution >= 0.6 is 11.6 Å². The molecule has 2 aromatic rings. The van der Waals surface area contributed by atoms with Gasteiger partial charge in [-0.1, -0.05) is 11.6 Å². The second-order valence-electron chi connectivity index (χ2n) is 4.95. The molecule has 19 heavy (non-hydrogen) atoms. The highest BCUT2D eigenvalue weighted by atomic mass is 35.5. The maximum absolute atomic E-state index is 6.22. The molecule has 2 aromatic heterocycles. The van der Waals surface area contributed by atoms with Crippen LogP contribution in [-0.2, 0) is 13.6 Å². The smallest absolute Gasteiger partial charge is 0.131 e. The summed E-state index contributed by atoms with van der Waals surface area (Å²) in [5, 5.41) is 8.47. The van der Waals surface area contributed by atoms with E-state index in [1.54, 1.807) is 4.68 Å². The summed E-state index contributed by atoms with van der Waals surface area (Å²) in [6.45, 7) is 8.75. The first kappa shape index (κ1) is 14.2. The molecule has 1 N–H and O–H groups in total. The zero-order valence-corrected chi connectivity index (χ0v) is 12.8. The summed E-state index contributed by atoms with van der Waals surface area (Å²) in [6, 6.07) is 2.29. The Morgan fingerprint density at radius 3 is 2.58 bits per heavy atom. The SMILES string of the molecule is Cc1cc(C(C)NCc2c(C)nn(C)c2Cl)c(C)o1. The summed E-state index contributed by atoms with van der Waals surface area (Å²) >= 11 is 6.22. The van der Waals surface area contributed by atoms with E-state index in [4.69, 9.17) is 16.0 Å². The number of hydrogen-bond acceptors (Lipinski definition) is 3. The van der Waals surface area contributed by atoms with Gasteiger partial charge in [-0.15, -0.1) is 0 Å². The molecule has 0 aliphatic carbocycles. The van der Waals surface area contributed by atoms with Gasteiger partial charge in [0, 0.05) is 30.8 Å². The van der Waals surface area contributed by atoms with Gasteiger partial charge in [-0.2, -0.15) is 5.10 Å². The van der Waals surface area contributed by atoms with Crippen LogP contribution in [0.4, 0.5) is 0 Å². The van der Waals surface area contributed by atoms with Crippen LogP contribution < -0.4 is 5.32 Å². The number of aryl methyl sites for hydroxylation is 4. The van der Waals surface area contributed by atoms with Gasteiger partial charge in [-0.3, -0.25) is 4.68 Å². The standard InChI is InChI=1S/C14H20ClN3O/c1-8-6-12(11(4)19-8)9(2)16-7-13-10(3)17-18(5)14(13)15/h6,9,16H,7H2,1-5H3. The first-order valence-corrected chi connectivity index (χ1v) is 6.76. The van der Waals surface area contributed by atoms with E-state index in [1.807, 2.05) is 27.8 Å². The molecule has 0 aliphatic heterocycles. The van der Waals surface area contributed by atoms with E-state index in [2.05, 4.69) is 23.4 Å². The fourth-order valence-corrected chi connectivity index (χ4v) is 2.56. The van der Waals surface area contributed by atoms with Crippen molar-refractivity contribution in [1.82, 2.24) is 15.1 Å². The molecule has 2 rings (SSSR count). The van der Waals surface area contributed by atoms with Gasteiger partial charge in [0.05, 0.1) is 5.69 Å². The second-order valence-corrected chi connectivity index (χ2v) is 5.31. The summed E-state index contributed by atoms with van der Waals surface area (Å²) in [5.41, 5.74) is 3.20. The Kier molecular flexibility index (Phi) is 4.02. The molecule has 0 saturated heterocycles. The van der Waals surface area contributed by atoms with E-state index in [9.17, 15) is 0 Å². The third-order valence-electron chi connectivity index (χ3n) is 3.40.